The molecule has 0 unspecified atom stereocenters. The molecule has 0 saturated carbocycles. The van der Waals surface area contributed by atoms with Gasteiger partial charge in [0.2, 0.25) is 0 Å². The molecule has 2 aromatic rings. The molecule has 1 heterocycles. The fourth-order valence-corrected chi connectivity index (χ4v) is 4.05. The Bertz CT molecular complexity index is 923. The van der Waals surface area contributed by atoms with Crippen LogP contribution in [0.3, 0.4) is 0 Å². The fraction of sp³-hybridized carbons (Fsp3) is 0.0556. The first-order valence-electron chi connectivity index (χ1n) is 7.21. The van der Waals surface area contributed by atoms with Crippen LogP contribution in [0.5, 0.6) is 0 Å². The number of rotatable bonds is 3. The van der Waals surface area contributed by atoms with Gasteiger partial charge in [0.05, 0.1) is 10.6 Å². The van der Waals surface area contributed by atoms with Crippen LogP contribution < -0.4 is 4.90 Å². The average Bonchev–Trinajstić information content (AvgIpc) is 2.84. The highest BCUT2D eigenvalue weighted by Crippen LogP contribution is 2.37. The smallest absolute Gasteiger partial charge is 0.270 e. The molecule has 1 amide bonds. The summed E-state index contributed by atoms with van der Waals surface area (Å²) in [5.74, 6) is -0.259. The van der Waals surface area contributed by atoms with Gasteiger partial charge in [-0.05, 0) is 55.0 Å². The molecule has 0 atom stereocenters. The Morgan fingerprint density at radius 1 is 1.16 bits per heavy atom. The van der Waals surface area contributed by atoms with Gasteiger partial charge < -0.3 is 0 Å². The Morgan fingerprint density at radius 3 is 2.44 bits per heavy atom. The van der Waals surface area contributed by atoms with E-state index in [2.05, 4.69) is 0 Å². The van der Waals surface area contributed by atoms with Gasteiger partial charge in [0.15, 0.2) is 10.1 Å². The Balaban J connectivity index is 1.92. The Morgan fingerprint density at radius 2 is 1.84 bits per heavy atom. The van der Waals surface area contributed by atoms with Crippen molar-refractivity contribution >= 4 is 75.0 Å². The number of Topliss-reactive ketones (excluding diaryl/α,β-unsaturated/α-hetero) is 1. The predicted molar refractivity (Wildman–Crippen MR) is 109 cm³/mol. The van der Waals surface area contributed by atoms with Gasteiger partial charge in [0.1, 0.15) is 0 Å². The average molecular weight is 408 g/mol. The lowest BCUT2D eigenvalue weighted by molar-refractivity contribution is -0.113. The first kappa shape index (κ1) is 18.1. The van der Waals surface area contributed by atoms with Crippen molar-refractivity contribution in [3.63, 3.8) is 0 Å². The van der Waals surface area contributed by atoms with Gasteiger partial charge >= 0.3 is 0 Å². The van der Waals surface area contributed by atoms with Gasteiger partial charge in [-0.15, -0.1) is 0 Å². The first-order chi connectivity index (χ1) is 11.9. The summed E-state index contributed by atoms with van der Waals surface area (Å²) in [5, 5.41) is 0.990. The van der Waals surface area contributed by atoms with Gasteiger partial charge in [-0.3, -0.25) is 14.5 Å². The molecule has 0 aromatic heterocycles. The van der Waals surface area contributed by atoms with Gasteiger partial charge in [-0.25, -0.2) is 0 Å². The third-order valence-corrected chi connectivity index (χ3v) is 5.44. The van der Waals surface area contributed by atoms with Crippen LogP contribution in [0.4, 0.5) is 5.69 Å². The van der Waals surface area contributed by atoms with Crippen molar-refractivity contribution in [2.24, 2.45) is 0 Å². The number of hydrogen-bond donors (Lipinski definition) is 0. The number of nitrogens with zero attached hydrogens (tertiary/aromatic N) is 1. The number of amides is 1. The molecular weight excluding hydrogens is 397 g/mol. The molecule has 3 rings (SSSR count). The van der Waals surface area contributed by atoms with Crippen molar-refractivity contribution in [3.05, 3.63) is 68.5 Å². The lowest BCUT2D eigenvalue weighted by Gasteiger charge is -2.14. The Labute approximate surface area is 164 Å². The second-order valence-corrected chi connectivity index (χ2v) is 7.81. The van der Waals surface area contributed by atoms with Crippen molar-refractivity contribution in [3.8, 4) is 0 Å². The van der Waals surface area contributed by atoms with Gasteiger partial charge in [-0.1, -0.05) is 53.2 Å². The third-order valence-electron chi connectivity index (χ3n) is 3.57. The standard InChI is InChI=1S/C18H11Cl2NO2S2/c1-10(22)11-3-6-14(7-4-11)21-17(23)16(25-18(21)24)8-12-2-5-13(19)9-15(12)20/h2-9H,1H3/b16-8-. The predicted octanol–water partition coefficient (Wildman–Crippen LogP) is 5.60. The number of ketones is 1. The van der Waals surface area contributed by atoms with E-state index < -0.39 is 0 Å². The molecule has 0 aliphatic carbocycles. The van der Waals surface area contributed by atoms with Crippen molar-refractivity contribution in [1.29, 1.82) is 0 Å². The maximum absolute atomic E-state index is 12.7. The van der Waals surface area contributed by atoms with E-state index in [0.717, 1.165) is 0 Å². The van der Waals surface area contributed by atoms with E-state index in [9.17, 15) is 9.59 Å². The topological polar surface area (TPSA) is 37.4 Å². The summed E-state index contributed by atoms with van der Waals surface area (Å²) in [6, 6.07) is 11.8. The molecule has 25 heavy (non-hydrogen) atoms. The number of halogens is 2. The van der Waals surface area contributed by atoms with Crippen LogP contribution >= 0.6 is 47.2 Å². The zero-order valence-corrected chi connectivity index (χ0v) is 16.1. The first-order valence-corrected chi connectivity index (χ1v) is 9.19. The molecule has 0 radical (unpaired) electrons. The highest BCUT2D eigenvalue weighted by atomic mass is 35.5. The van der Waals surface area contributed by atoms with E-state index in [1.165, 1.54) is 23.6 Å². The van der Waals surface area contributed by atoms with Crippen molar-refractivity contribution in [2.45, 2.75) is 6.92 Å². The molecule has 2 aromatic carbocycles. The van der Waals surface area contributed by atoms with Gasteiger partial charge in [0, 0.05) is 15.6 Å². The zero-order valence-electron chi connectivity index (χ0n) is 13.0. The van der Waals surface area contributed by atoms with E-state index in [1.54, 1.807) is 48.5 Å². The number of benzene rings is 2. The highest BCUT2D eigenvalue weighted by Gasteiger charge is 2.33. The molecule has 0 spiro atoms. The Kier molecular flexibility index (Phi) is 5.29. The van der Waals surface area contributed by atoms with Crippen molar-refractivity contribution < 1.29 is 9.59 Å². The summed E-state index contributed by atoms with van der Waals surface area (Å²) in [6.07, 6.45) is 1.70. The molecule has 126 valence electrons. The van der Waals surface area contributed by atoms with Crippen LogP contribution in [0.25, 0.3) is 6.08 Å². The minimum atomic E-state index is -0.225. The van der Waals surface area contributed by atoms with Crippen LogP contribution in [0.2, 0.25) is 10.0 Å². The fourth-order valence-electron chi connectivity index (χ4n) is 2.30. The minimum Gasteiger partial charge on any atom is -0.295 e. The molecule has 0 bridgehead atoms. The quantitative estimate of drug-likeness (QED) is 0.376. The van der Waals surface area contributed by atoms with E-state index in [-0.39, 0.29) is 11.7 Å². The summed E-state index contributed by atoms with van der Waals surface area (Å²) in [4.78, 5) is 26.0. The molecular formula is C18H11Cl2NO2S2. The Hall–Kier alpha value is -1.66. The van der Waals surface area contributed by atoms with Gasteiger partial charge in [-0.2, -0.15) is 0 Å². The second kappa shape index (κ2) is 7.30. The lowest BCUT2D eigenvalue weighted by Crippen LogP contribution is -2.27. The maximum atomic E-state index is 12.7. The number of carbonyl (C=O) groups excluding carboxylic acids is 2. The molecule has 0 N–H and O–H groups in total. The number of thioether (sulfide) groups is 1. The summed E-state index contributed by atoms with van der Waals surface area (Å²) in [6.45, 7) is 1.49. The van der Waals surface area contributed by atoms with Crippen molar-refractivity contribution in [2.75, 3.05) is 4.90 Å². The van der Waals surface area contributed by atoms with Crippen LogP contribution in [0.1, 0.15) is 22.8 Å². The number of hydrogen-bond acceptors (Lipinski definition) is 4. The van der Waals surface area contributed by atoms with Gasteiger partial charge in [0.25, 0.3) is 5.91 Å². The van der Waals surface area contributed by atoms with Crippen LogP contribution in [0, 0.1) is 0 Å². The van der Waals surface area contributed by atoms with E-state index in [0.29, 0.717) is 36.1 Å². The van der Waals surface area contributed by atoms with E-state index in [1.807, 2.05) is 0 Å². The summed E-state index contributed by atoms with van der Waals surface area (Å²) >= 11 is 18.6. The van der Waals surface area contributed by atoms with E-state index >= 15 is 0 Å². The maximum Gasteiger partial charge on any atom is 0.270 e. The van der Waals surface area contributed by atoms with E-state index in [4.69, 9.17) is 35.4 Å². The largest absolute Gasteiger partial charge is 0.295 e. The SMILES string of the molecule is CC(=O)c1ccc(N2C(=O)/C(=C/c3ccc(Cl)cc3Cl)SC2=S)cc1. The van der Waals surface area contributed by atoms with Crippen LogP contribution in [-0.4, -0.2) is 16.0 Å². The molecule has 1 aliphatic heterocycles. The van der Waals surface area contributed by atoms with Crippen LogP contribution in [0.15, 0.2) is 47.4 Å². The summed E-state index contributed by atoms with van der Waals surface area (Å²) in [5.41, 5.74) is 1.90. The summed E-state index contributed by atoms with van der Waals surface area (Å²) < 4.78 is 0.428. The number of thiocarbonyl (C=S) groups is 1. The molecule has 1 fully saturated rings. The molecule has 3 nitrogen and oxygen atoms in total. The zero-order chi connectivity index (χ0) is 18.1. The summed E-state index contributed by atoms with van der Waals surface area (Å²) in [7, 11) is 0. The number of anilines is 1. The van der Waals surface area contributed by atoms with Crippen molar-refractivity contribution in [1.82, 2.24) is 0 Å². The normalized spacial score (nSPS) is 16.0. The molecule has 7 heteroatoms. The third kappa shape index (κ3) is 3.80. The number of carbonyl (C=O) groups is 2. The minimum absolute atomic E-state index is 0.0331. The highest BCUT2D eigenvalue weighted by molar-refractivity contribution is 8.27. The molecule has 1 aliphatic rings. The lowest BCUT2D eigenvalue weighted by atomic mass is 10.1. The second-order valence-electron chi connectivity index (χ2n) is 5.29. The molecule has 1 saturated heterocycles. The monoisotopic (exact) mass is 407 g/mol. The van der Waals surface area contributed by atoms with Crippen LogP contribution in [-0.2, 0) is 4.79 Å².